The lowest BCUT2D eigenvalue weighted by molar-refractivity contribution is -0.142. The highest BCUT2D eigenvalue weighted by molar-refractivity contribution is 7.80. The van der Waals surface area contributed by atoms with E-state index in [4.69, 9.17) is 15.9 Å². The summed E-state index contributed by atoms with van der Waals surface area (Å²) in [5.41, 5.74) is 5.51. The number of carbonyl (C=O) groups excluding carboxylic acids is 10. The molecule has 48 heteroatoms. The molecule has 0 saturated heterocycles. The summed E-state index contributed by atoms with van der Waals surface area (Å²) in [6.07, 6.45) is -28.3. The van der Waals surface area contributed by atoms with Gasteiger partial charge in [0.2, 0.25) is 59.1 Å². The minimum absolute atomic E-state index is 0.000760. The summed E-state index contributed by atoms with van der Waals surface area (Å²) < 4.78 is 0. The number of aliphatic carboxylic acids is 3. The van der Waals surface area contributed by atoms with Gasteiger partial charge in [-0.3, -0.25) is 62.5 Å². The molecule has 2 aromatic heterocycles. The number of anilines is 2. The number of amides is 10. The Morgan fingerprint density at radius 1 is 0.469 bits per heavy atom. The SMILES string of the molecule is CC[C@@H](NC(=O)[C@H](CCC(=O)NC[C@H](O)[C@@H](O)[C@H](O)[C@H](O)CO)NC(=O)CC[C@H](NC(=O)c1ccc(NCc2cnc3nc(N)[nH]c(=O)c3n2)cc1)C(=O)O)C(=O)N[C@@H](CCC(=O)NC[C@H](O)[C@@H](C)[C@H](O)[C@H](O)CO)C(=O)N[C@H](CCC(=O)O)C(=O)N[C@@H](CCC(=O)NC[C@H](O)[C@@H](O)[C@H](O)[C@H](O)CO)C(=O)N[C@H](CS)C(=O)O. The van der Waals surface area contributed by atoms with E-state index in [0.29, 0.717) is 11.4 Å². The molecule has 47 nitrogen and oxygen atoms in total. The highest BCUT2D eigenvalue weighted by Gasteiger charge is 2.37. The van der Waals surface area contributed by atoms with Crippen LogP contribution >= 0.6 is 12.6 Å². The standard InChI is InChI=1S/C65H100N16O31S/c1-3-31(74-58(104)32(8-13-45(92)69-21-39(86)51(98)53(100)42(89)24-83)73-47(94)16-11-36(63(109)110)78-56(102)28-4-6-29(7-5-28)67-18-30-19-71-55-49(72-30)62(108)81-65(66)80-55)57(103)75-33(9-14-44(91)68-20-38(85)27(2)50(97)41(88)23-82)59(105)77-35(12-17-48(95)96)60(106)76-34(61(107)79-37(26-113)64(111)112)10-15-46(93)70-22-40(87)52(99)54(101)43(90)25-84/h4-7,19,27,31-43,50-54,67,82-90,97-101,113H,3,8-18,20-26H2,1-2H3,(H,68,91)(H,69,92)(H,70,93)(H,73,94)(H,74,104)(H,75,103)(H,76,106)(H,77,105)(H,78,102)(H,79,107)(H,95,96)(H,109,110)(H,111,112)(H3,66,71,80,81,108)/t27-,31-,32+,33+,34+,35-,36+,37-,38+,39+,40+,41-,42-,43-,50+,51-,52-,53-,54-/m1/s1. The van der Waals surface area contributed by atoms with Crippen LogP contribution in [0.3, 0.4) is 0 Å². The third kappa shape index (κ3) is 32.9. The first-order valence-corrected chi connectivity index (χ1v) is 35.7. The molecule has 3 rings (SSSR count). The molecule has 0 bridgehead atoms. The molecule has 19 atom stereocenters. The summed E-state index contributed by atoms with van der Waals surface area (Å²) in [7, 11) is 0. The molecule has 0 fully saturated rings. The van der Waals surface area contributed by atoms with Crippen molar-refractivity contribution in [3.63, 3.8) is 0 Å². The molecule has 0 unspecified atom stereocenters. The van der Waals surface area contributed by atoms with Crippen molar-refractivity contribution in [2.45, 2.75) is 200 Å². The lowest BCUT2D eigenvalue weighted by Gasteiger charge is -2.28. The van der Waals surface area contributed by atoms with E-state index in [-0.39, 0.29) is 29.2 Å². The van der Waals surface area contributed by atoms with Gasteiger partial charge in [0.25, 0.3) is 11.5 Å². The smallest absolute Gasteiger partial charge is 0.327 e. The summed E-state index contributed by atoms with van der Waals surface area (Å²) in [6.45, 7) is -2.74. The van der Waals surface area contributed by atoms with Crippen LogP contribution in [0.25, 0.3) is 11.2 Å². The highest BCUT2D eigenvalue weighted by Crippen LogP contribution is 2.17. The largest absolute Gasteiger partial charge is 0.481 e. The van der Waals surface area contributed by atoms with Gasteiger partial charge in [-0.2, -0.15) is 17.6 Å². The first-order chi connectivity index (χ1) is 53.2. The second-order valence-electron chi connectivity index (χ2n) is 25.9. The topological polar surface area (TPSA) is 796 Å². The zero-order valence-electron chi connectivity index (χ0n) is 61.0. The second kappa shape index (κ2) is 48.8. The Kier molecular flexibility index (Phi) is 41.9. The number of thiol groups is 1. The zero-order valence-corrected chi connectivity index (χ0v) is 61.9. The fraction of sp³-hybridized carbons (Fsp3) is 0.615. The zero-order chi connectivity index (χ0) is 85.1. The number of hydrogen-bond acceptors (Lipinski definition) is 34. The van der Waals surface area contributed by atoms with Crippen LogP contribution in [0.2, 0.25) is 0 Å². The summed E-state index contributed by atoms with van der Waals surface area (Å²) in [5.74, 6) is -18.6. The Hall–Kier alpha value is -10.1. The minimum atomic E-state index is -2.15. The quantitative estimate of drug-likeness (QED) is 0.0233. The van der Waals surface area contributed by atoms with E-state index in [2.05, 4.69) is 91.0 Å². The van der Waals surface area contributed by atoms with Crippen LogP contribution < -0.4 is 69.8 Å². The molecule has 10 amide bonds. The van der Waals surface area contributed by atoms with Crippen molar-refractivity contribution in [2.75, 3.05) is 56.3 Å². The van der Waals surface area contributed by atoms with Crippen LogP contribution in [0.4, 0.5) is 11.6 Å². The Balaban J connectivity index is 1.99. The lowest BCUT2D eigenvalue weighted by Crippen LogP contribution is -2.59. The molecule has 1 aromatic carbocycles. The number of aliphatic hydroxyl groups is 14. The predicted octanol–water partition coefficient (Wildman–Crippen LogP) is -12.7. The molecule has 31 N–H and O–H groups in total. The maximum absolute atomic E-state index is 14.6. The average Bonchev–Trinajstić information content (AvgIpc) is 0.809. The normalized spacial score (nSPS) is 16.5. The number of fused-ring (bicyclic) bond motifs is 1. The van der Waals surface area contributed by atoms with Crippen molar-refractivity contribution >= 4 is 112 Å². The molecule has 0 aliphatic heterocycles. The number of carboxylic acid groups (broad SMARTS) is 3. The van der Waals surface area contributed by atoms with Crippen molar-refractivity contribution < 1.29 is 149 Å². The number of aromatic amines is 1. The van der Waals surface area contributed by atoms with Crippen LogP contribution in [0.15, 0.2) is 35.3 Å². The number of aromatic nitrogens is 4. The summed E-state index contributed by atoms with van der Waals surface area (Å²) >= 11 is 3.89. The fourth-order valence-electron chi connectivity index (χ4n) is 10.3. The first-order valence-electron chi connectivity index (χ1n) is 35.1. The minimum Gasteiger partial charge on any atom is -0.481 e. The van der Waals surface area contributed by atoms with E-state index < -0.39 is 314 Å². The van der Waals surface area contributed by atoms with Crippen molar-refractivity contribution in [3.05, 3.63) is 52.1 Å². The van der Waals surface area contributed by atoms with Gasteiger partial charge in [0.1, 0.15) is 85.0 Å². The molecule has 632 valence electrons. The summed E-state index contributed by atoms with van der Waals surface area (Å²) in [6, 6.07) is -7.80. The van der Waals surface area contributed by atoms with Gasteiger partial charge < -0.3 is 151 Å². The van der Waals surface area contributed by atoms with Crippen LogP contribution in [-0.4, -0.2) is 338 Å². The Morgan fingerprint density at radius 3 is 1.27 bits per heavy atom. The number of nitrogens with two attached hydrogens (primary N) is 1. The van der Waals surface area contributed by atoms with E-state index in [1.54, 1.807) is 0 Å². The Labute approximate surface area is 647 Å². The van der Waals surface area contributed by atoms with E-state index in [9.17, 15) is 144 Å². The summed E-state index contributed by atoms with van der Waals surface area (Å²) in [4.78, 5) is 202. The van der Waals surface area contributed by atoms with Crippen LogP contribution in [0, 0.1) is 5.92 Å². The molecule has 0 spiro atoms. The number of rotatable bonds is 53. The molecule has 3 aromatic rings. The van der Waals surface area contributed by atoms with Crippen LogP contribution in [0.1, 0.15) is 101 Å². The van der Waals surface area contributed by atoms with Crippen LogP contribution in [0.5, 0.6) is 0 Å². The van der Waals surface area contributed by atoms with Gasteiger partial charge in [-0.05, 0) is 62.8 Å². The first kappa shape index (κ1) is 97.1. The van der Waals surface area contributed by atoms with E-state index in [0.717, 1.165) is 0 Å². The molecular weight excluding hydrogens is 1530 g/mol. The number of nitrogen functional groups attached to an aromatic ring is 1. The molecule has 0 saturated carbocycles. The van der Waals surface area contributed by atoms with E-state index >= 15 is 0 Å². The van der Waals surface area contributed by atoms with Gasteiger partial charge in [0.05, 0.1) is 62.7 Å². The number of nitrogens with one attached hydrogen (secondary N) is 12. The number of benzene rings is 1. The molecule has 113 heavy (non-hydrogen) atoms. The molecule has 0 aliphatic carbocycles. The van der Waals surface area contributed by atoms with Crippen molar-refractivity contribution in [2.24, 2.45) is 5.92 Å². The van der Waals surface area contributed by atoms with E-state index in [1.807, 2.05) is 0 Å². The summed E-state index contributed by atoms with van der Waals surface area (Å²) in [5, 5.41) is 194. The predicted molar refractivity (Wildman–Crippen MR) is 388 cm³/mol. The third-order valence-corrected chi connectivity index (χ3v) is 17.7. The Bertz CT molecular complexity index is 3740. The number of carboxylic acids is 3. The number of H-pyrrole nitrogens is 1. The maximum Gasteiger partial charge on any atom is 0.327 e. The third-order valence-electron chi connectivity index (χ3n) is 17.3. The van der Waals surface area contributed by atoms with Crippen molar-refractivity contribution in [1.29, 1.82) is 0 Å². The van der Waals surface area contributed by atoms with Gasteiger partial charge in [0.15, 0.2) is 11.2 Å². The molecular formula is C65H100N16O31S. The van der Waals surface area contributed by atoms with Crippen molar-refractivity contribution in [3.8, 4) is 0 Å². The lowest BCUT2D eigenvalue weighted by atomic mass is 9.94. The number of carbonyl (C=O) groups is 13. The molecule has 0 aliphatic rings. The number of hydrogen-bond donors (Lipinski definition) is 31. The van der Waals surface area contributed by atoms with Gasteiger partial charge >= 0.3 is 17.9 Å². The fourth-order valence-corrected chi connectivity index (χ4v) is 10.5. The average molecular weight is 1630 g/mol. The van der Waals surface area contributed by atoms with Crippen molar-refractivity contribution in [1.82, 2.24) is 73.1 Å². The molecule has 2 heterocycles. The van der Waals surface area contributed by atoms with Gasteiger partial charge in [-0.25, -0.2) is 19.6 Å². The number of aliphatic hydroxyl groups excluding tert-OH is 14. The number of nitrogens with zero attached hydrogens (tertiary/aromatic N) is 3. The maximum atomic E-state index is 14.6. The van der Waals surface area contributed by atoms with Gasteiger partial charge in [-0.15, -0.1) is 0 Å². The monoisotopic (exact) mass is 1630 g/mol. The van der Waals surface area contributed by atoms with E-state index in [1.165, 1.54) is 44.3 Å². The van der Waals surface area contributed by atoms with Gasteiger partial charge in [0, 0.05) is 74.7 Å². The highest BCUT2D eigenvalue weighted by atomic mass is 32.1. The Morgan fingerprint density at radius 2 is 0.850 bits per heavy atom. The second-order valence-corrected chi connectivity index (χ2v) is 26.3. The molecule has 0 radical (unpaired) electrons. The van der Waals surface area contributed by atoms with Crippen LogP contribution in [-0.2, 0) is 64.1 Å². The van der Waals surface area contributed by atoms with Gasteiger partial charge in [-0.1, -0.05) is 13.8 Å².